The topological polar surface area (TPSA) is 120 Å². The zero-order valence-electron chi connectivity index (χ0n) is 12.3. The van der Waals surface area contributed by atoms with Crippen molar-refractivity contribution in [3.8, 4) is 0 Å². The smallest absolute Gasteiger partial charge is 0.329 e. The van der Waals surface area contributed by atoms with Crippen LogP contribution in [0, 0.1) is 10.1 Å². The van der Waals surface area contributed by atoms with E-state index in [1.807, 2.05) is 23.1 Å². The number of aromatic nitrogens is 3. The van der Waals surface area contributed by atoms with Gasteiger partial charge in [0.2, 0.25) is 11.8 Å². The Morgan fingerprint density at radius 3 is 3.00 bits per heavy atom. The molecule has 0 radical (unpaired) electrons. The van der Waals surface area contributed by atoms with Crippen LogP contribution in [0.2, 0.25) is 0 Å². The van der Waals surface area contributed by atoms with E-state index < -0.39 is 4.92 Å². The van der Waals surface area contributed by atoms with Gasteiger partial charge in [0.05, 0.1) is 23.3 Å². The monoisotopic (exact) mass is 316 g/mol. The Bertz CT molecular complexity index is 696. The summed E-state index contributed by atoms with van der Waals surface area (Å²) < 4.78 is 5.83. The van der Waals surface area contributed by atoms with Crippen LogP contribution in [0.4, 0.5) is 17.5 Å². The molecule has 0 bridgehead atoms. The summed E-state index contributed by atoms with van der Waals surface area (Å²) in [4.78, 5) is 24.3. The Labute approximate surface area is 132 Å². The Balaban J connectivity index is 1.59. The molecule has 9 nitrogen and oxygen atoms in total. The number of pyridine rings is 1. The van der Waals surface area contributed by atoms with E-state index in [9.17, 15) is 10.1 Å². The van der Waals surface area contributed by atoms with Gasteiger partial charge in [-0.15, -0.1) is 0 Å². The SMILES string of the molecule is Nc1nc(N2CC[C@@H](OCc3ccccn3)C2)ncc1[N+](=O)[O-]. The number of anilines is 2. The average molecular weight is 316 g/mol. The Morgan fingerprint density at radius 1 is 1.43 bits per heavy atom. The molecule has 3 rings (SSSR count). The number of nitrogens with zero attached hydrogens (tertiary/aromatic N) is 5. The zero-order valence-corrected chi connectivity index (χ0v) is 12.3. The van der Waals surface area contributed by atoms with E-state index in [-0.39, 0.29) is 17.6 Å². The summed E-state index contributed by atoms with van der Waals surface area (Å²) in [5.74, 6) is 0.259. The van der Waals surface area contributed by atoms with Crippen LogP contribution in [0.1, 0.15) is 12.1 Å². The minimum Gasteiger partial charge on any atom is -0.378 e. The number of ether oxygens (including phenoxy) is 1. The second-order valence-corrected chi connectivity index (χ2v) is 5.19. The molecule has 1 atom stereocenters. The van der Waals surface area contributed by atoms with Gasteiger partial charge in [-0.2, -0.15) is 4.98 Å². The van der Waals surface area contributed by atoms with Crippen molar-refractivity contribution in [3.63, 3.8) is 0 Å². The standard InChI is InChI=1S/C14H16N6O3/c15-13-12(20(21)22)7-17-14(18-13)19-6-4-11(8-19)23-9-10-3-1-2-5-16-10/h1-3,5,7,11H,4,6,8-9H2,(H2,15,17,18)/t11-/m1/s1. The lowest BCUT2D eigenvalue weighted by Crippen LogP contribution is -2.25. The van der Waals surface area contributed by atoms with Crippen LogP contribution in [-0.2, 0) is 11.3 Å². The van der Waals surface area contributed by atoms with Crippen LogP contribution < -0.4 is 10.6 Å². The molecule has 0 saturated carbocycles. The van der Waals surface area contributed by atoms with Crippen LogP contribution in [0.3, 0.4) is 0 Å². The van der Waals surface area contributed by atoms with Crippen molar-refractivity contribution in [1.82, 2.24) is 15.0 Å². The van der Waals surface area contributed by atoms with Crippen molar-refractivity contribution in [2.24, 2.45) is 0 Å². The van der Waals surface area contributed by atoms with Crippen molar-refractivity contribution in [3.05, 3.63) is 46.4 Å². The van der Waals surface area contributed by atoms with Gasteiger partial charge in [-0.3, -0.25) is 15.1 Å². The van der Waals surface area contributed by atoms with Gasteiger partial charge in [0.1, 0.15) is 6.20 Å². The van der Waals surface area contributed by atoms with Gasteiger partial charge in [-0.25, -0.2) is 4.98 Å². The van der Waals surface area contributed by atoms with E-state index in [2.05, 4.69) is 15.0 Å². The summed E-state index contributed by atoms with van der Waals surface area (Å²) in [6.45, 7) is 1.77. The van der Waals surface area contributed by atoms with Gasteiger partial charge < -0.3 is 15.4 Å². The molecule has 1 aliphatic heterocycles. The van der Waals surface area contributed by atoms with Gasteiger partial charge in [-0.1, -0.05) is 6.07 Å². The van der Waals surface area contributed by atoms with Crippen molar-refractivity contribution < 1.29 is 9.66 Å². The molecular formula is C14H16N6O3. The highest BCUT2D eigenvalue weighted by Crippen LogP contribution is 2.23. The molecule has 1 saturated heterocycles. The van der Waals surface area contributed by atoms with E-state index in [4.69, 9.17) is 10.5 Å². The largest absolute Gasteiger partial charge is 0.378 e. The average Bonchev–Trinajstić information content (AvgIpc) is 3.02. The first-order valence-corrected chi connectivity index (χ1v) is 7.17. The van der Waals surface area contributed by atoms with E-state index in [0.29, 0.717) is 25.6 Å². The van der Waals surface area contributed by atoms with Crippen LogP contribution >= 0.6 is 0 Å². The number of hydrogen-bond donors (Lipinski definition) is 1. The Kier molecular flexibility index (Phi) is 4.29. The summed E-state index contributed by atoms with van der Waals surface area (Å²) in [5.41, 5.74) is 6.20. The number of nitrogen functional groups attached to an aromatic ring is 1. The minimum absolute atomic E-state index is 0.0389. The summed E-state index contributed by atoms with van der Waals surface area (Å²) in [5, 5.41) is 10.7. The summed E-state index contributed by atoms with van der Waals surface area (Å²) >= 11 is 0. The maximum Gasteiger partial charge on any atom is 0.329 e. The second kappa shape index (κ2) is 6.53. The summed E-state index contributed by atoms with van der Waals surface area (Å²) in [6, 6.07) is 5.68. The molecule has 0 aromatic carbocycles. The first-order chi connectivity index (χ1) is 11.1. The highest BCUT2D eigenvalue weighted by molar-refractivity contribution is 5.54. The number of nitrogens with two attached hydrogens (primary N) is 1. The quantitative estimate of drug-likeness (QED) is 0.644. The van der Waals surface area contributed by atoms with Crippen LogP contribution in [0.5, 0.6) is 0 Å². The number of hydrogen-bond acceptors (Lipinski definition) is 8. The predicted octanol–water partition coefficient (Wildman–Crippen LogP) is 1.16. The molecular weight excluding hydrogens is 300 g/mol. The first-order valence-electron chi connectivity index (χ1n) is 7.17. The third-order valence-corrected chi connectivity index (χ3v) is 3.60. The van der Waals surface area contributed by atoms with E-state index >= 15 is 0 Å². The molecule has 0 unspecified atom stereocenters. The normalized spacial score (nSPS) is 17.4. The molecule has 23 heavy (non-hydrogen) atoms. The summed E-state index contributed by atoms with van der Waals surface area (Å²) in [6.07, 6.45) is 3.73. The summed E-state index contributed by atoms with van der Waals surface area (Å²) in [7, 11) is 0. The fourth-order valence-electron chi connectivity index (χ4n) is 2.40. The van der Waals surface area contributed by atoms with E-state index in [1.165, 1.54) is 0 Å². The Morgan fingerprint density at radius 2 is 2.30 bits per heavy atom. The zero-order chi connectivity index (χ0) is 16.2. The molecule has 2 aromatic rings. The molecule has 2 aromatic heterocycles. The fourth-order valence-corrected chi connectivity index (χ4v) is 2.40. The first kappa shape index (κ1) is 15.1. The number of rotatable bonds is 5. The molecule has 0 aliphatic carbocycles. The van der Waals surface area contributed by atoms with Gasteiger partial charge in [0.15, 0.2) is 0 Å². The highest BCUT2D eigenvalue weighted by atomic mass is 16.6. The van der Waals surface area contributed by atoms with Crippen LogP contribution in [-0.4, -0.2) is 39.1 Å². The molecule has 3 heterocycles. The third kappa shape index (κ3) is 3.51. The van der Waals surface area contributed by atoms with Gasteiger partial charge >= 0.3 is 5.69 Å². The van der Waals surface area contributed by atoms with Crippen LogP contribution in [0.15, 0.2) is 30.6 Å². The molecule has 9 heteroatoms. The molecule has 2 N–H and O–H groups in total. The van der Waals surface area contributed by atoms with E-state index in [0.717, 1.165) is 18.3 Å². The lowest BCUT2D eigenvalue weighted by Gasteiger charge is -2.16. The van der Waals surface area contributed by atoms with Crippen molar-refractivity contribution >= 4 is 17.5 Å². The second-order valence-electron chi connectivity index (χ2n) is 5.19. The highest BCUT2D eigenvalue weighted by Gasteiger charge is 2.26. The minimum atomic E-state index is -0.595. The lowest BCUT2D eigenvalue weighted by molar-refractivity contribution is -0.384. The van der Waals surface area contributed by atoms with Crippen molar-refractivity contribution in [2.75, 3.05) is 23.7 Å². The molecule has 120 valence electrons. The lowest BCUT2D eigenvalue weighted by atomic mass is 10.3. The maximum atomic E-state index is 10.7. The maximum absolute atomic E-state index is 10.7. The van der Waals surface area contributed by atoms with Gasteiger partial charge in [-0.05, 0) is 18.6 Å². The molecule has 1 aliphatic rings. The van der Waals surface area contributed by atoms with Crippen LogP contribution in [0.25, 0.3) is 0 Å². The fraction of sp³-hybridized carbons (Fsp3) is 0.357. The van der Waals surface area contributed by atoms with Gasteiger partial charge in [0, 0.05) is 19.3 Å². The molecule has 0 amide bonds. The van der Waals surface area contributed by atoms with Crippen molar-refractivity contribution in [1.29, 1.82) is 0 Å². The van der Waals surface area contributed by atoms with E-state index in [1.54, 1.807) is 6.20 Å². The van der Waals surface area contributed by atoms with Crippen molar-refractivity contribution in [2.45, 2.75) is 19.1 Å². The molecule has 1 fully saturated rings. The number of nitro groups is 1. The third-order valence-electron chi connectivity index (χ3n) is 3.60. The van der Waals surface area contributed by atoms with Gasteiger partial charge in [0.25, 0.3) is 0 Å². The Hall–Kier alpha value is -2.81. The molecule has 0 spiro atoms. The predicted molar refractivity (Wildman–Crippen MR) is 82.7 cm³/mol.